The number of fused-ring (bicyclic) bond motifs is 1. The second-order valence-corrected chi connectivity index (χ2v) is 7.18. The van der Waals surface area contributed by atoms with Crippen LogP contribution in [0.3, 0.4) is 0 Å². The predicted octanol–water partition coefficient (Wildman–Crippen LogP) is 0.528. The maximum atomic E-state index is 13.4. The molecule has 7 heteroatoms. The van der Waals surface area contributed by atoms with Gasteiger partial charge in [0.2, 0.25) is 5.88 Å². The molecule has 0 saturated heterocycles. The highest BCUT2D eigenvalue weighted by Gasteiger charge is 2.34. The molecule has 7 nitrogen and oxygen atoms in total. The van der Waals surface area contributed by atoms with Gasteiger partial charge < -0.3 is 24.7 Å². The first-order valence-electron chi connectivity index (χ1n) is 9.12. The summed E-state index contributed by atoms with van der Waals surface area (Å²) in [5, 5.41) is 9.72. The van der Waals surface area contributed by atoms with Crippen LogP contribution < -0.4 is 25.7 Å². The van der Waals surface area contributed by atoms with Gasteiger partial charge in [-0.1, -0.05) is 12.1 Å². The third-order valence-corrected chi connectivity index (χ3v) is 4.95. The number of rotatable bonds is 5. The fraction of sp³-hybridized carbons (Fsp3) is 0.333. The number of methoxy groups -OCH3 is 1. The van der Waals surface area contributed by atoms with E-state index in [9.17, 15) is 10.1 Å². The van der Waals surface area contributed by atoms with E-state index in [2.05, 4.69) is 6.07 Å². The van der Waals surface area contributed by atoms with Gasteiger partial charge in [0.05, 0.1) is 45.8 Å². The lowest BCUT2D eigenvalue weighted by Gasteiger charge is -2.27. The summed E-state index contributed by atoms with van der Waals surface area (Å²) < 4.78 is 12.7. The number of nitriles is 1. The number of nitrogens with zero attached hydrogens (tertiary/aromatic N) is 2. The van der Waals surface area contributed by atoms with E-state index in [0.717, 1.165) is 17.8 Å². The summed E-state index contributed by atoms with van der Waals surface area (Å²) in [6, 6.07) is 11.3. The normalized spacial score (nSPS) is 15.8. The molecule has 3 N–H and O–H groups in total. The minimum Gasteiger partial charge on any atom is -0.497 e. The molecule has 0 aliphatic carbocycles. The van der Waals surface area contributed by atoms with Crippen molar-refractivity contribution in [2.45, 2.75) is 19.4 Å². The quantitative estimate of drug-likeness (QED) is 0.788. The Hall–Kier alpha value is -3.24. The van der Waals surface area contributed by atoms with Crippen LogP contribution in [0.5, 0.6) is 11.5 Å². The molecule has 1 aliphatic heterocycles. The molecule has 28 heavy (non-hydrogen) atoms. The zero-order valence-electron chi connectivity index (χ0n) is 16.6. The molecule has 2 heterocycles. The molecule has 0 radical (unpaired) electrons. The average Bonchev–Trinajstić information content (AvgIpc) is 2.66. The van der Waals surface area contributed by atoms with Crippen LogP contribution in [0.2, 0.25) is 0 Å². The highest BCUT2D eigenvalue weighted by molar-refractivity contribution is 5.56. The number of pyridine rings is 1. The number of quaternary nitrogens is 1. The fourth-order valence-electron chi connectivity index (χ4n) is 3.45. The Morgan fingerprint density at radius 2 is 2.11 bits per heavy atom. The van der Waals surface area contributed by atoms with Crippen molar-refractivity contribution in [1.29, 1.82) is 5.26 Å². The van der Waals surface area contributed by atoms with Gasteiger partial charge >= 0.3 is 0 Å². The SMILES string of the molecule is COc1cccc([C@@H]2C(C#N)=C(N)Oc3cc(C)n(CC[NH+](C)C)c(=O)c32)c1. The Morgan fingerprint density at radius 1 is 1.36 bits per heavy atom. The zero-order valence-corrected chi connectivity index (χ0v) is 16.6. The lowest BCUT2D eigenvalue weighted by molar-refractivity contribution is -0.858. The standard InChI is InChI=1S/C21H24N4O3/c1-13-10-17-19(21(26)25(13)9-8-24(2)3)18(16(12-22)20(23)28-17)14-6-5-7-15(11-14)27-4/h5-7,10-11,18H,8-9,23H2,1-4H3/p+1/t18-/m1/s1. The fourth-order valence-corrected chi connectivity index (χ4v) is 3.45. The molecule has 0 amide bonds. The summed E-state index contributed by atoms with van der Waals surface area (Å²) >= 11 is 0. The topological polar surface area (TPSA) is 94.7 Å². The molecule has 146 valence electrons. The van der Waals surface area contributed by atoms with E-state index in [1.807, 2.05) is 51.4 Å². The number of hydrogen-bond donors (Lipinski definition) is 2. The van der Waals surface area contributed by atoms with Gasteiger partial charge in [-0.15, -0.1) is 0 Å². The van der Waals surface area contributed by atoms with Gasteiger partial charge in [-0.2, -0.15) is 5.26 Å². The van der Waals surface area contributed by atoms with Crippen LogP contribution in [0.1, 0.15) is 22.7 Å². The summed E-state index contributed by atoms with van der Waals surface area (Å²) in [6.07, 6.45) is 0. The van der Waals surface area contributed by atoms with Crippen molar-refractivity contribution >= 4 is 0 Å². The molecule has 0 saturated carbocycles. The number of aryl methyl sites for hydroxylation is 1. The third-order valence-electron chi connectivity index (χ3n) is 4.95. The summed E-state index contributed by atoms with van der Waals surface area (Å²) in [7, 11) is 5.66. The van der Waals surface area contributed by atoms with Gasteiger partial charge in [0.1, 0.15) is 23.1 Å². The smallest absolute Gasteiger partial charge is 0.258 e. The highest BCUT2D eigenvalue weighted by atomic mass is 16.5. The number of aromatic nitrogens is 1. The number of nitrogens with two attached hydrogens (primary N) is 1. The van der Waals surface area contributed by atoms with Gasteiger partial charge in [-0.05, 0) is 24.6 Å². The second kappa shape index (κ2) is 7.79. The molecule has 0 fully saturated rings. The lowest BCUT2D eigenvalue weighted by atomic mass is 9.84. The highest BCUT2D eigenvalue weighted by Crippen LogP contribution is 2.41. The molecule has 0 bridgehead atoms. The molecule has 1 aromatic heterocycles. The number of ether oxygens (including phenoxy) is 2. The first-order valence-corrected chi connectivity index (χ1v) is 9.12. The molecule has 3 rings (SSSR count). The summed E-state index contributed by atoms with van der Waals surface area (Å²) in [4.78, 5) is 14.7. The Morgan fingerprint density at radius 3 is 2.75 bits per heavy atom. The van der Waals surface area contributed by atoms with Crippen molar-refractivity contribution in [3.05, 3.63) is 69.0 Å². The third kappa shape index (κ3) is 3.47. The number of benzene rings is 1. The van der Waals surface area contributed by atoms with Crippen LogP contribution in [0, 0.1) is 18.3 Å². The Kier molecular flexibility index (Phi) is 5.43. The number of nitrogens with one attached hydrogen (secondary N) is 1. The molecule has 1 aromatic carbocycles. The van der Waals surface area contributed by atoms with Crippen molar-refractivity contribution in [3.8, 4) is 17.6 Å². The van der Waals surface area contributed by atoms with Crippen LogP contribution in [-0.2, 0) is 6.54 Å². The van der Waals surface area contributed by atoms with Crippen molar-refractivity contribution in [2.75, 3.05) is 27.7 Å². The van der Waals surface area contributed by atoms with Crippen molar-refractivity contribution < 1.29 is 14.4 Å². The number of hydrogen-bond acceptors (Lipinski definition) is 5. The Balaban J connectivity index is 2.24. The van der Waals surface area contributed by atoms with E-state index >= 15 is 0 Å². The van der Waals surface area contributed by atoms with E-state index in [-0.39, 0.29) is 17.0 Å². The van der Waals surface area contributed by atoms with E-state index < -0.39 is 5.92 Å². The minimum atomic E-state index is -0.602. The number of likely N-dealkylation sites (N-methyl/N-ethyl adjacent to an activating group) is 1. The maximum absolute atomic E-state index is 13.4. The van der Waals surface area contributed by atoms with Crippen molar-refractivity contribution in [1.82, 2.24) is 4.57 Å². The Bertz CT molecular complexity index is 1030. The van der Waals surface area contributed by atoms with Gasteiger partial charge in [0.25, 0.3) is 5.56 Å². The largest absolute Gasteiger partial charge is 0.497 e. The lowest BCUT2D eigenvalue weighted by Crippen LogP contribution is -3.06. The first-order chi connectivity index (χ1) is 13.4. The van der Waals surface area contributed by atoms with Gasteiger partial charge in [0.15, 0.2) is 0 Å². The Labute approximate surface area is 164 Å². The van der Waals surface area contributed by atoms with E-state index in [4.69, 9.17) is 15.2 Å². The molecule has 0 unspecified atom stereocenters. The van der Waals surface area contributed by atoms with Crippen LogP contribution in [0.4, 0.5) is 0 Å². The molecule has 0 spiro atoms. The molecule has 1 aliphatic rings. The average molecular weight is 381 g/mol. The maximum Gasteiger partial charge on any atom is 0.258 e. The minimum absolute atomic E-state index is 0.0251. The van der Waals surface area contributed by atoms with E-state index in [1.54, 1.807) is 11.7 Å². The van der Waals surface area contributed by atoms with Crippen LogP contribution in [-0.4, -0.2) is 32.3 Å². The van der Waals surface area contributed by atoms with Crippen LogP contribution in [0.15, 0.2) is 46.6 Å². The van der Waals surface area contributed by atoms with E-state index in [0.29, 0.717) is 23.6 Å². The predicted molar refractivity (Wildman–Crippen MR) is 105 cm³/mol. The first kappa shape index (κ1) is 19.5. The number of allylic oxidation sites excluding steroid dienone is 1. The van der Waals surface area contributed by atoms with Crippen LogP contribution >= 0.6 is 0 Å². The monoisotopic (exact) mass is 381 g/mol. The summed E-state index contributed by atoms with van der Waals surface area (Å²) in [5.74, 6) is 0.470. The van der Waals surface area contributed by atoms with Gasteiger partial charge in [-0.25, -0.2) is 0 Å². The zero-order chi connectivity index (χ0) is 20.4. The molecular weight excluding hydrogens is 356 g/mol. The molecule has 2 aromatic rings. The van der Waals surface area contributed by atoms with Gasteiger partial charge in [-0.3, -0.25) is 4.79 Å². The van der Waals surface area contributed by atoms with E-state index in [1.165, 1.54) is 4.90 Å². The second-order valence-electron chi connectivity index (χ2n) is 7.18. The molecule has 1 atom stereocenters. The summed E-state index contributed by atoms with van der Waals surface area (Å²) in [5.41, 5.74) is 8.08. The van der Waals surface area contributed by atoms with Gasteiger partial charge in [0, 0.05) is 11.8 Å². The molecular formula is C21H25N4O3+. The van der Waals surface area contributed by atoms with Crippen molar-refractivity contribution in [2.24, 2.45) is 5.73 Å². The van der Waals surface area contributed by atoms with Crippen molar-refractivity contribution in [3.63, 3.8) is 0 Å². The summed E-state index contributed by atoms with van der Waals surface area (Å²) in [6.45, 7) is 3.25. The van der Waals surface area contributed by atoms with Crippen LogP contribution in [0.25, 0.3) is 0 Å².